The van der Waals surface area contributed by atoms with Crippen LogP contribution in [0.5, 0.6) is 0 Å². The quantitative estimate of drug-likeness (QED) is 0.839. The first-order valence-corrected chi connectivity index (χ1v) is 6.65. The molecule has 4 heteroatoms. The highest BCUT2D eigenvalue weighted by Crippen LogP contribution is 2.19. The van der Waals surface area contributed by atoms with Gasteiger partial charge in [0.05, 0.1) is 6.20 Å². The summed E-state index contributed by atoms with van der Waals surface area (Å²) < 4.78 is 4.12. The van der Waals surface area contributed by atoms with Crippen LogP contribution in [0, 0.1) is 0 Å². The van der Waals surface area contributed by atoms with Crippen LogP contribution >= 0.6 is 0 Å². The molecule has 0 spiro atoms. The molecule has 1 saturated carbocycles. The molecule has 1 aliphatic carbocycles. The molecule has 1 N–H and O–H groups in total. The molecule has 2 aromatic rings. The van der Waals surface area contributed by atoms with Crippen molar-refractivity contribution in [2.75, 3.05) is 0 Å². The van der Waals surface area contributed by atoms with Crippen molar-refractivity contribution < 1.29 is 0 Å². The number of aryl methyl sites for hydroxylation is 3. The second-order valence-corrected chi connectivity index (χ2v) is 5.19. The standard InChI is InChI=1S/C14H20N4/c1-17-10-13(9-16-17)5-7-18-6-4-12(11-18)8-15-14-2-3-14/h4,6,9-11,14-15H,2-3,5,7-8H2,1H3. The van der Waals surface area contributed by atoms with E-state index in [9.17, 15) is 0 Å². The molecule has 0 radical (unpaired) electrons. The molecule has 0 unspecified atom stereocenters. The van der Waals surface area contributed by atoms with Crippen LogP contribution in [0.1, 0.15) is 24.0 Å². The number of hydrogen-bond acceptors (Lipinski definition) is 2. The zero-order valence-corrected chi connectivity index (χ0v) is 10.8. The first-order chi connectivity index (χ1) is 8.79. The van der Waals surface area contributed by atoms with E-state index in [1.165, 1.54) is 24.0 Å². The maximum atomic E-state index is 4.19. The highest BCUT2D eigenvalue weighted by atomic mass is 15.2. The number of nitrogens with zero attached hydrogens (tertiary/aromatic N) is 3. The van der Waals surface area contributed by atoms with Gasteiger partial charge in [0.2, 0.25) is 0 Å². The lowest BCUT2D eigenvalue weighted by molar-refractivity contribution is 0.673. The molecule has 96 valence electrons. The van der Waals surface area contributed by atoms with Crippen molar-refractivity contribution in [1.29, 1.82) is 0 Å². The lowest BCUT2D eigenvalue weighted by Gasteiger charge is -2.01. The monoisotopic (exact) mass is 244 g/mol. The number of nitrogens with one attached hydrogen (secondary N) is 1. The van der Waals surface area contributed by atoms with Crippen molar-refractivity contribution in [3.05, 3.63) is 42.0 Å². The van der Waals surface area contributed by atoms with Crippen LogP contribution in [0.4, 0.5) is 0 Å². The van der Waals surface area contributed by atoms with Gasteiger partial charge in [-0.15, -0.1) is 0 Å². The van der Waals surface area contributed by atoms with Crippen LogP contribution in [-0.4, -0.2) is 20.4 Å². The summed E-state index contributed by atoms with van der Waals surface area (Å²) in [6.45, 7) is 2.03. The van der Waals surface area contributed by atoms with Gasteiger partial charge in [0.25, 0.3) is 0 Å². The largest absolute Gasteiger partial charge is 0.354 e. The third-order valence-corrected chi connectivity index (χ3v) is 3.40. The van der Waals surface area contributed by atoms with E-state index in [1.54, 1.807) is 0 Å². The van der Waals surface area contributed by atoms with Gasteiger partial charge in [-0.05, 0) is 36.5 Å². The minimum Gasteiger partial charge on any atom is -0.354 e. The van der Waals surface area contributed by atoms with E-state index >= 15 is 0 Å². The third-order valence-electron chi connectivity index (χ3n) is 3.40. The summed E-state index contributed by atoms with van der Waals surface area (Å²) in [6, 6.07) is 2.99. The fraction of sp³-hybridized carbons (Fsp3) is 0.500. The zero-order valence-electron chi connectivity index (χ0n) is 10.8. The van der Waals surface area contributed by atoms with Crippen LogP contribution in [0.3, 0.4) is 0 Å². The molecule has 3 rings (SSSR count). The minimum absolute atomic E-state index is 0.781. The summed E-state index contributed by atoms with van der Waals surface area (Å²) in [6.07, 6.45) is 12.2. The van der Waals surface area contributed by atoms with Gasteiger partial charge in [-0.2, -0.15) is 5.10 Å². The van der Waals surface area contributed by atoms with Crippen LogP contribution in [0.25, 0.3) is 0 Å². The molecule has 0 aromatic carbocycles. The van der Waals surface area contributed by atoms with Crippen molar-refractivity contribution in [1.82, 2.24) is 19.7 Å². The Labute approximate surface area is 108 Å². The average Bonchev–Trinajstić information content (AvgIpc) is 2.93. The van der Waals surface area contributed by atoms with Gasteiger partial charge in [-0.3, -0.25) is 4.68 Å². The number of rotatable bonds is 6. The second kappa shape index (κ2) is 4.98. The van der Waals surface area contributed by atoms with Crippen molar-refractivity contribution in [3.63, 3.8) is 0 Å². The summed E-state index contributed by atoms with van der Waals surface area (Å²) in [5, 5.41) is 7.72. The smallest absolute Gasteiger partial charge is 0.0522 e. The van der Waals surface area contributed by atoms with Gasteiger partial charge in [0.1, 0.15) is 0 Å². The average molecular weight is 244 g/mol. The Balaban J connectivity index is 1.49. The Morgan fingerprint density at radius 3 is 2.94 bits per heavy atom. The summed E-state index contributed by atoms with van der Waals surface area (Å²) >= 11 is 0. The molecule has 2 aromatic heterocycles. The van der Waals surface area contributed by atoms with Crippen LogP contribution in [0.2, 0.25) is 0 Å². The highest BCUT2D eigenvalue weighted by molar-refractivity contribution is 5.11. The molecular formula is C14H20N4. The molecule has 0 bridgehead atoms. The van der Waals surface area contributed by atoms with E-state index < -0.39 is 0 Å². The second-order valence-electron chi connectivity index (χ2n) is 5.19. The molecule has 0 aliphatic heterocycles. The highest BCUT2D eigenvalue weighted by Gasteiger charge is 2.19. The molecule has 4 nitrogen and oxygen atoms in total. The Hall–Kier alpha value is -1.55. The maximum Gasteiger partial charge on any atom is 0.0522 e. The van der Waals surface area contributed by atoms with E-state index in [1.807, 2.05) is 17.9 Å². The summed E-state index contributed by atoms with van der Waals surface area (Å²) in [5.41, 5.74) is 2.68. The summed E-state index contributed by atoms with van der Waals surface area (Å²) in [7, 11) is 1.96. The van der Waals surface area contributed by atoms with E-state index in [0.29, 0.717) is 0 Å². The lowest BCUT2D eigenvalue weighted by atomic mass is 10.2. The van der Waals surface area contributed by atoms with Gasteiger partial charge in [-0.25, -0.2) is 0 Å². The van der Waals surface area contributed by atoms with Crippen LogP contribution < -0.4 is 5.32 Å². The van der Waals surface area contributed by atoms with Gasteiger partial charge >= 0.3 is 0 Å². The van der Waals surface area contributed by atoms with Gasteiger partial charge in [-0.1, -0.05) is 0 Å². The van der Waals surface area contributed by atoms with Crippen molar-refractivity contribution in [3.8, 4) is 0 Å². The molecule has 0 amide bonds. The van der Waals surface area contributed by atoms with Crippen molar-refractivity contribution in [2.24, 2.45) is 7.05 Å². The van der Waals surface area contributed by atoms with Crippen LogP contribution in [-0.2, 0) is 26.6 Å². The fourth-order valence-electron chi connectivity index (χ4n) is 2.14. The van der Waals surface area contributed by atoms with Crippen molar-refractivity contribution >= 4 is 0 Å². The predicted molar refractivity (Wildman–Crippen MR) is 71.2 cm³/mol. The molecular weight excluding hydrogens is 224 g/mol. The maximum absolute atomic E-state index is 4.19. The predicted octanol–water partition coefficient (Wildman–Crippen LogP) is 1.72. The van der Waals surface area contributed by atoms with Gasteiger partial charge in [0, 0.05) is 44.8 Å². The molecule has 0 saturated heterocycles. The number of aromatic nitrogens is 3. The molecule has 2 heterocycles. The Kier molecular flexibility index (Phi) is 3.19. The van der Waals surface area contributed by atoms with E-state index in [4.69, 9.17) is 0 Å². The van der Waals surface area contributed by atoms with Crippen molar-refractivity contribution in [2.45, 2.75) is 38.4 Å². The fourth-order valence-corrected chi connectivity index (χ4v) is 2.14. The Morgan fingerprint density at radius 1 is 1.33 bits per heavy atom. The Morgan fingerprint density at radius 2 is 2.22 bits per heavy atom. The normalized spacial score (nSPS) is 15.2. The van der Waals surface area contributed by atoms with E-state index in [0.717, 1.165) is 25.6 Å². The van der Waals surface area contributed by atoms with Gasteiger partial charge < -0.3 is 9.88 Å². The molecule has 1 aliphatic rings. The van der Waals surface area contributed by atoms with E-state index in [-0.39, 0.29) is 0 Å². The SMILES string of the molecule is Cn1cc(CCn2ccc(CNC3CC3)c2)cn1. The summed E-state index contributed by atoms with van der Waals surface area (Å²) in [5.74, 6) is 0. The Bertz CT molecular complexity index is 507. The van der Waals surface area contributed by atoms with Gasteiger partial charge in [0.15, 0.2) is 0 Å². The topological polar surface area (TPSA) is 34.8 Å². The molecule has 0 atom stereocenters. The van der Waals surface area contributed by atoms with E-state index in [2.05, 4.69) is 39.6 Å². The summed E-state index contributed by atoms with van der Waals surface area (Å²) in [4.78, 5) is 0. The third kappa shape index (κ3) is 3.01. The minimum atomic E-state index is 0.781. The first kappa shape index (κ1) is 11.5. The molecule has 1 fully saturated rings. The lowest BCUT2D eigenvalue weighted by Crippen LogP contribution is -2.14. The van der Waals surface area contributed by atoms with Crippen LogP contribution in [0.15, 0.2) is 30.9 Å². The first-order valence-electron chi connectivity index (χ1n) is 6.65. The zero-order chi connectivity index (χ0) is 12.4. The number of hydrogen-bond donors (Lipinski definition) is 1. The molecule has 18 heavy (non-hydrogen) atoms.